The first-order valence-electron chi connectivity index (χ1n) is 12.2. The summed E-state index contributed by atoms with van der Waals surface area (Å²) < 4.78 is 24.8. The van der Waals surface area contributed by atoms with E-state index in [0.29, 0.717) is 12.1 Å². The fraction of sp³-hybridized carbons (Fsp3) is 0.727. The van der Waals surface area contributed by atoms with Crippen LogP contribution >= 0.6 is 19.5 Å². The summed E-state index contributed by atoms with van der Waals surface area (Å²) >= 11 is 1.84. The summed E-state index contributed by atoms with van der Waals surface area (Å²) in [6.45, 7) is 6.57. The first-order valence-corrected chi connectivity index (χ1v) is 16.4. The molecule has 10 heteroatoms. The van der Waals surface area contributed by atoms with E-state index in [1.807, 2.05) is 0 Å². The predicted octanol–water partition coefficient (Wildman–Crippen LogP) is 7.31. The Kier molecular flexibility index (Phi) is 9.62. The first kappa shape index (κ1) is 24.8. The highest BCUT2D eigenvalue weighted by atomic mass is 32.3. The zero-order valence-corrected chi connectivity index (χ0v) is 22.7. The third kappa shape index (κ3) is 5.49. The summed E-state index contributed by atoms with van der Waals surface area (Å²) in [5.41, 5.74) is 0. The third-order valence-corrected chi connectivity index (χ3v) is 14.2. The van der Waals surface area contributed by atoms with Gasteiger partial charge in [0.1, 0.15) is 19.5 Å². The molecule has 1 aliphatic heterocycles. The Hall–Kier alpha value is -0.310. The van der Waals surface area contributed by atoms with Crippen molar-refractivity contribution >= 4 is 47.2 Å². The van der Waals surface area contributed by atoms with Crippen LogP contribution in [0.25, 0.3) is 0 Å². The molecule has 0 saturated heterocycles. The monoisotopic (exact) mass is 512 g/mol. The molecule has 1 aromatic carbocycles. The van der Waals surface area contributed by atoms with E-state index in [9.17, 15) is 0 Å². The van der Waals surface area contributed by atoms with Crippen molar-refractivity contribution < 1.29 is 0 Å². The highest BCUT2D eigenvalue weighted by molar-refractivity contribution is 8.09. The summed E-state index contributed by atoms with van der Waals surface area (Å²) in [6, 6.07) is 12.4. The summed E-state index contributed by atoms with van der Waals surface area (Å²) in [4.78, 5) is 0. The molecule has 0 amide bonds. The van der Waals surface area contributed by atoms with Crippen molar-refractivity contribution in [2.75, 3.05) is 13.1 Å². The van der Waals surface area contributed by atoms with Gasteiger partial charge in [-0.15, -0.1) is 11.3 Å². The van der Waals surface area contributed by atoms with Crippen LogP contribution in [0.2, 0.25) is 0 Å². The van der Waals surface area contributed by atoms with E-state index in [0.717, 1.165) is 13.1 Å². The van der Waals surface area contributed by atoms with Crippen LogP contribution in [0.3, 0.4) is 0 Å². The molecular formula is C22H37N6PS3. The quantitative estimate of drug-likeness (QED) is 0.271. The van der Waals surface area contributed by atoms with Crippen molar-refractivity contribution in [3.63, 3.8) is 0 Å². The number of rotatable bonds is 8. The van der Waals surface area contributed by atoms with Gasteiger partial charge in [-0.1, -0.05) is 82.7 Å². The normalized spacial score (nSPS) is 24.7. The maximum absolute atomic E-state index is 5.69. The lowest BCUT2D eigenvalue weighted by Gasteiger charge is -2.52. The molecule has 0 radical (unpaired) electrons. The molecule has 6 nitrogen and oxygen atoms in total. The SMILES string of the molecule is CCN(CC)P(=NS1=NSN=S=N1)(c1ccccc1)N(C1CCCCC1)C1CCCCC1. The molecule has 2 fully saturated rings. The Bertz CT molecular complexity index is 868. The maximum Gasteiger partial charge on any atom is 0.167 e. The van der Waals surface area contributed by atoms with E-state index in [4.69, 9.17) is 4.15 Å². The summed E-state index contributed by atoms with van der Waals surface area (Å²) in [5, 5.41) is 1.37. The van der Waals surface area contributed by atoms with Crippen LogP contribution < -0.4 is 5.30 Å². The molecule has 1 aromatic rings. The second-order valence-electron chi connectivity index (χ2n) is 8.72. The molecule has 2 atom stereocenters. The van der Waals surface area contributed by atoms with Crippen LogP contribution in [0.4, 0.5) is 0 Å². The highest BCUT2D eigenvalue weighted by Crippen LogP contribution is 2.60. The number of nitrogens with zero attached hydrogens (tertiary/aromatic N) is 6. The van der Waals surface area contributed by atoms with E-state index < -0.39 is 18.4 Å². The zero-order valence-electron chi connectivity index (χ0n) is 19.4. The molecule has 0 aromatic heterocycles. The third-order valence-electron chi connectivity index (χ3n) is 6.90. The van der Waals surface area contributed by atoms with Gasteiger partial charge in [-0.05, 0) is 25.7 Å². The van der Waals surface area contributed by atoms with Gasteiger partial charge < -0.3 is 0 Å². The fourth-order valence-corrected chi connectivity index (χ4v) is 13.5. The predicted molar refractivity (Wildman–Crippen MR) is 144 cm³/mol. The van der Waals surface area contributed by atoms with Crippen molar-refractivity contribution in [2.45, 2.75) is 90.1 Å². The number of hydrogen-bond donors (Lipinski definition) is 0. The second-order valence-corrected chi connectivity index (χ2v) is 14.7. The molecule has 4 rings (SSSR count). The summed E-state index contributed by atoms with van der Waals surface area (Å²) in [5.74, 6) is 0. The number of benzene rings is 1. The lowest BCUT2D eigenvalue weighted by atomic mass is 9.91. The van der Waals surface area contributed by atoms with Crippen molar-refractivity contribution in [3.8, 4) is 0 Å². The van der Waals surface area contributed by atoms with E-state index in [1.165, 1.54) is 93.0 Å². The molecule has 3 aliphatic rings. The second kappa shape index (κ2) is 12.4. The Balaban J connectivity index is 1.97. The molecule has 0 bridgehead atoms. The van der Waals surface area contributed by atoms with Gasteiger partial charge in [0.2, 0.25) is 0 Å². The Morgan fingerprint density at radius 2 is 1.53 bits per heavy atom. The largest absolute Gasteiger partial charge is 0.254 e. The minimum atomic E-state index is -2.23. The minimum absolute atomic E-state index is 0.600. The molecule has 2 saturated carbocycles. The van der Waals surface area contributed by atoms with Gasteiger partial charge in [0.05, 0.1) is 11.4 Å². The lowest BCUT2D eigenvalue weighted by Crippen LogP contribution is -2.49. The van der Waals surface area contributed by atoms with Crippen molar-refractivity contribution in [2.24, 2.45) is 15.5 Å². The van der Waals surface area contributed by atoms with Crippen LogP contribution in [-0.4, -0.2) is 34.5 Å². The van der Waals surface area contributed by atoms with E-state index in [2.05, 4.69) is 64.8 Å². The van der Waals surface area contributed by atoms with E-state index in [-0.39, 0.29) is 0 Å². The zero-order chi connectivity index (χ0) is 22.2. The first-order chi connectivity index (χ1) is 15.8. The van der Waals surface area contributed by atoms with Crippen LogP contribution in [0.15, 0.2) is 45.8 Å². The van der Waals surface area contributed by atoms with Gasteiger partial charge in [0.15, 0.2) is 11.1 Å². The van der Waals surface area contributed by atoms with Crippen molar-refractivity contribution in [3.05, 3.63) is 30.3 Å². The molecule has 2 aliphatic carbocycles. The lowest BCUT2D eigenvalue weighted by molar-refractivity contribution is 0.167. The number of hydrogen-bond acceptors (Lipinski definition) is 5. The van der Waals surface area contributed by atoms with Crippen LogP contribution in [0, 0.1) is 0 Å². The van der Waals surface area contributed by atoms with Gasteiger partial charge in [-0.3, -0.25) is 4.67 Å². The van der Waals surface area contributed by atoms with E-state index >= 15 is 0 Å². The van der Waals surface area contributed by atoms with Crippen molar-refractivity contribution in [1.82, 2.24) is 9.34 Å². The fourth-order valence-electron chi connectivity index (χ4n) is 5.52. The molecular weight excluding hydrogens is 475 g/mol. The van der Waals surface area contributed by atoms with Gasteiger partial charge in [0, 0.05) is 30.5 Å². The van der Waals surface area contributed by atoms with Gasteiger partial charge in [-0.2, -0.15) is 4.15 Å². The van der Waals surface area contributed by atoms with Crippen LogP contribution in [0.5, 0.6) is 0 Å². The summed E-state index contributed by atoms with van der Waals surface area (Å²) in [7, 11) is -2.23. The van der Waals surface area contributed by atoms with Crippen LogP contribution in [0.1, 0.15) is 78.1 Å². The van der Waals surface area contributed by atoms with Crippen LogP contribution in [-0.2, 0) is 22.4 Å². The topological polar surface area (TPSA) is 55.9 Å². The highest BCUT2D eigenvalue weighted by Gasteiger charge is 2.44. The molecule has 0 N–H and O–H groups in total. The Labute approximate surface area is 205 Å². The molecule has 2 unspecified atom stereocenters. The van der Waals surface area contributed by atoms with E-state index in [1.54, 1.807) is 0 Å². The maximum atomic E-state index is 5.69. The average molecular weight is 513 g/mol. The molecule has 178 valence electrons. The smallest absolute Gasteiger partial charge is 0.167 e. The molecule has 1 heterocycles. The summed E-state index contributed by atoms with van der Waals surface area (Å²) in [6.07, 6.45) is 13.3. The molecule has 0 spiro atoms. The standard InChI is InChI=1S/C22H37N6PS3/c1-3-27(4-2)29(22-18-12-7-13-19-22,23-32-25-30-24-31-26-32)28(20-14-8-5-9-15-20)21-16-10-6-11-17-21/h7,12-13,18-21H,3-6,8-11,14-17H2,1-2H3. The Morgan fingerprint density at radius 1 is 0.938 bits per heavy atom. The minimum Gasteiger partial charge on any atom is -0.254 e. The molecule has 32 heavy (non-hydrogen) atoms. The Morgan fingerprint density at radius 3 is 2.03 bits per heavy atom. The van der Waals surface area contributed by atoms with Crippen molar-refractivity contribution in [1.29, 1.82) is 0 Å². The van der Waals surface area contributed by atoms with Gasteiger partial charge in [-0.25, -0.2) is 4.67 Å². The van der Waals surface area contributed by atoms with Gasteiger partial charge in [0.25, 0.3) is 0 Å². The average Bonchev–Trinajstić information content (AvgIpc) is 2.87. The van der Waals surface area contributed by atoms with Gasteiger partial charge >= 0.3 is 0 Å².